The highest BCUT2D eigenvalue weighted by atomic mass is 16.5. The number of anilines is 2. The summed E-state index contributed by atoms with van der Waals surface area (Å²) in [6.45, 7) is 0. The molecular weight excluding hydrogens is 328 g/mol. The van der Waals surface area contributed by atoms with Gasteiger partial charge in [-0.05, 0) is 6.07 Å². The highest BCUT2D eigenvalue weighted by Crippen LogP contribution is 2.46. The first-order valence-electron chi connectivity index (χ1n) is 7.48. The van der Waals surface area contributed by atoms with E-state index < -0.39 is 11.5 Å². The van der Waals surface area contributed by atoms with Crippen LogP contribution < -0.4 is 30.8 Å². The van der Waals surface area contributed by atoms with Crippen LogP contribution in [0.1, 0.15) is 23.5 Å². The third kappa shape index (κ3) is 2.73. The average molecular weight is 346 g/mol. The molecule has 1 aromatic carbocycles. The number of H-pyrrole nitrogens is 1. The second-order valence-electron chi connectivity index (χ2n) is 5.44. The molecule has 4 N–H and O–H groups in total. The Labute approximate surface area is 143 Å². The summed E-state index contributed by atoms with van der Waals surface area (Å²) >= 11 is 0. The monoisotopic (exact) mass is 346 g/mol. The number of methoxy groups -OCH3 is 3. The maximum Gasteiger partial charge on any atom is 0.258 e. The van der Waals surface area contributed by atoms with Crippen molar-refractivity contribution in [3.05, 3.63) is 33.6 Å². The molecule has 0 saturated heterocycles. The number of aromatic amines is 1. The third-order valence-corrected chi connectivity index (χ3v) is 4.08. The molecule has 0 aliphatic carbocycles. The number of amides is 1. The number of nitrogens with two attached hydrogens (primary N) is 1. The fourth-order valence-electron chi connectivity index (χ4n) is 3.05. The number of nitrogens with one attached hydrogen (secondary N) is 2. The minimum absolute atomic E-state index is 0.0630. The van der Waals surface area contributed by atoms with Gasteiger partial charge in [0.15, 0.2) is 11.5 Å². The smallest absolute Gasteiger partial charge is 0.258 e. The molecule has 1 atom stereocenters. The van der Waals surface area contributed by atoms with E-state index in [2.05, 4.69) is 15.3 Å². The van der Waals surface area contributed by atoms with Crippen LogP contribution in [0.3, 0.4) is 0 Å². The summed E-state index contributed by atoms with van der Waals surface area (Å²) in [5.74, 6) is 0.511. The fraction of sp³-hybridized carbons (Fsp3) is 0.312. The van der Waals surface area contributed by atoms with Gasteiger partial charge in [0.05, 0.1) is 26.9 Å². The Morgan fingerprint density at radius 1 is 1.12 bits per heavy atom. The van der Waals surface area contributed by atoms with Crippen LogP contribution >= 0.6 is 0 Å². The first-order valence-corrected chi connectivity index (χ1v) is 7.48. The average Bonchev–Trinajstić information content (AvgIpc) is 2.58. The summed E-state index contributed by atoms with van der Waals surface area (Å²) in [5.41, 5.74) is 6.10. The van der Waals surface area contributed by atoms with Gasteiger partial charge in [-0.15, -0.1) is 0 Å². The molecule has 1 unspecified atom stereocenters. The number of carbonyl (C=O) groups is 1. The molecule has 1 aromatic heterocycles. The van der Waals surface area contributed by atoms with E-state index in [-0.39, 0.29) is 24.1 Å². The van der Waals surface area contributed by atoms with E-state index >= 15 is 0 Å². The van der Waals surface area contributed by atoms with Crippen molar-refractivity contribution in [1.82, 2.24) is 9.97 Å². The summed E-state index contributed by atoms with van der Waals surface area (Å²) < 4.78 is 16.1. The largest absolute Gasteiger partial charge is 0.493 e. The molecule has 9 heteroatoms. The van der Waals surface area contributed by atoms with Crippen LogP contribution in [0.15, 0.2) is 16.9 Å². The molecule has 0 saturated carbocycles. The standard InChI is InChI=1S/C16H18N4O5/c1-23-9-5-4-7(12(24-2)13(9)25-3)8-6-10(21)18-14-11(8)15(22)20-16(17)19-14/h4-5,8H,6H2,1-3H3,(H4,17,18,19,20,21,22). The molecular formula is C16H18N4O5. The second-order valence-corrected chi connectivity index (χ2v) is 5.44. The zero-order valence-corrected chi connectivity index (χ0v) is 14.0. The van der Waals surface area contributed by atoms with E-state index in [0.29, 0.717) is 28.4 Å². The zero-order valence-electron chi connectivity index (χ0n) is 14.0. The number of nitrogen functional groups attached to an aromatic ring is 1. The van der Waals surface area contributed by atoms with Crippen molar-refractivity contribution in [3.63, 3.8) is 0 Å². The van der Waals surface area contributed by atoms with Gasteiger partial charge in [0, 0.05) is 17.9 Å². The maximum absolute atomic E-state index is 12.4. The van der Waals surface area contributed by atoms with E-state index in [1.165, 1.54) is 21.3 Å². The van der Waals surface area contributed by atoms with Crippen LogP contribution in [0.25, 0.3) is 0 Å². The lowest BCUT2D eigenvalue weighted by atomic mass is 9.86. The van der Waals surface area contributed by atoms with Gasteiger partial charge in [-0.2, -0.15) is 4.98 Å². The minimum atomic E-state index is -0.560. The molecule has 3 rings (SSSR count). The first kappa shape index (κ1) is 16.6. The normalized spacial score (nSPS) is 16.0. The van der Waals surface area contributed by atoms with E-state index in [9.17, 15) is 9.59 Å². The highest BCUT2D eigenvalue weighted by Gasteiger charge is 2.34. The summed E-state index contributed by atoms with van der Waals surface area (Å²) in [6.07, 6.45) is 0.0630. The van der Waals surface area contributed by atoms with Crippen LogP contribution in [0.4, 0.5) is 11.8 Å². The molecule has 2 aromatic rings. The molecule has 0 spiro atoms. The van der Waals surface area contributed by atoms with Gasteiger partial charge in [-0.1, -0.05) is 6.07 Å². The number of aromatic nitrogens is 2. The quantitative estimate of drug-likeness (QED) is 0.748. The molecule has 0 fully saturated rings. The minimum Gasteiger partial charge on any atom is -0.493 e. The molecule has 2 heterocycles. The Balaban J connectivity index is 2.25. The predicted molar refractivity (Wildman–Crippen MR) is 90.5 cm³/mol. The maximum atomic E-state index is 12.4. The molecule has 1 amide bonds. The van der Waals surface area contributed by atoms with Crippen molar-refractivity contribution in [2.24, 2.45) is 0 Å². The summed E-state index contributed by atoms with van der Waals surface area (Å²) in [4.78, 5) is 31.0. The molecule has 0 radical (unpaired) electrons. The lowest BCUT2D eigenvalue weighted by Gasteiger charge is -2.26. The number of benzene rings is 1. The Kier molecular flexibility index (Phi) is 4.22. The number of rotatable bonds is 4. The lowest BCUT2D eigenvalue weighted by molar-refractivity contribution is -0.116. The van der Waals surface area contributed by atoms with Crippen LogP contribution in [-0.4, -0.2) is 37.2 Å². The Morgan fingerprint density at radius 3 is 2.48 bits per heavy atom. The lowest BCUT2D eigenvalue weighted by Crippen LogP contribution is -2.31. The van der Waals surface area contributed by atoms with Gasteiger partial charge in [-0.3, -0.25) is 14.6 Å². The predicted octanol–water partition coefficient (Wildman–Crippen LogP) is 0.852. The van der Waals surface area contributed by atoms with Crippen LogP contribution in [-0.2, 0) is 4.79 Å². The summed E-state index contributed by atoms with van der Waals surface area (Å²) in [5, 5.41) is 2.58. The van der Waals surface area contributed by atoms with Crippen molar-refractivity contribution in [2.45, 2.75) is 12.3 Å². The van der Waals surface area contributed by atoms with Gasteiger partial charge < -0.3 is 25.3 Å². The fourth-order valence-corrected chi connectivity index (χ4v) is 3.05. The molecule has 0 bridgehead atoms. The molecule has 1 aliphatic rings. The zero-order chi connectivity index (χ0) is 18.1. The molecule has 25 heavy (non-hydrogen) atoms. The number of carbonyl (C=O) groups excluding carboxylic acids is 1. The Hall–Kier alpha value is -3.23. The Bertz CT molecular complexity index is 893. The van der Waals surface area contributed by atoms with Crippen LogP contribution in [0, 0.1) is 0 Å². The van der Waals surface area contributed by atoms with Crippen molar-refractivity contribution in [2.75, 3.05) is 32.4 Å². The number of hydrogen-bond donors (Lipinski definition) is 3. The van der Waals surface area contributed by atoms with Crippen LogP contribution in [0.2, 0.25) is 0 Å². The molecule has 1 aliphatic heterocycles. The van der Waals surface area contributed by atoms with Gasteiger partial charge in [0.2, 0.25) is 17.6 Å². The van der Waals surface area contributed by atoms with Crippen molar-refractivity contribution in [1.29, 1.82) is 0 Å². The van der Waals surface area contributed by atoms with Gasteiger partial charge in [0.1, 0.15) is 5.82 Å². The van der Waals surface area contributed by atoms with E-state index in [4.69, 9.17) is 19.9 Å². The number of hydrogen-bond acceptors (Lipinski definition) is 7. The number of nitrogens with zero attached hydrogens (tertiary/aromatic N) is 1. The SMILES string of the molecule is COc1ccc(C2CC(=O)Nc3nc(N)[nH]c(=O)c32)c(OC)c1OC. The van der Waals surface area contributed by atoms with Crippen LogP contribution in [0.5, 0.6) is 17.2 Å². The van der Waals surface area contributed by atoms with Crippen molar-refractivity contribution in [3.8, 4) is 17.2 Å². The molecule has 132 valence electrons. The topological polar surface area (TPSA) is 129 Å². The Morgan fingerprint density at radius 2 is 1.84 bits per heavy atom. The van der Waals surface area contributed by atoms with E-state index in [1.54, 1.807) is 12.1 Å². The van der Waals surface area contributed by atoms with Crippen molar-refractivity contribution >= 4 is 17.7 Å². The van der Waals surface area contributed by atoms with E-state index in [1.807, 2.05) is 0 Å². The van der Waals surface area contributed by atoms with Gasteiger partial charge >= 0.3 is 0 Å². The third-order valence-electron chi connectivity index (χ3n) is 4.08. The van der Waals surface area contributed by atoms with Gasteiger partial charge in [0.25, 0.3) is 5.56 Å². The first-order chi connectivity index (χ1) is 12.0. The van der Waals surface area contributed by atoms with E-state index in [0.717, 1.165) is 0 Å². The van der Waals surface area contributed by atoms with Crippen molar-refractivity contribution < 1.29 is 19.0 Å². The second kappa shape index (κ2) is 6.34. The highest BCUT2D eigenvalue weighted by molar-refractivity contribution is 5.94. The summed E-state index contributed by atoms with van der Waals surface area (Å²) in [7, 11) is 4.48. The number of ether oxygens (including phenoxy) is 3. The summed E-state index contributed by atoms with van der Waals surface area (Å²) in [6, 6.07) is 3.44. The molecule has 9 nitrogen and oxygen atoms in total. The number of fused-ring (bicyclic) bond motifs is 1. The van der Waals surface area contributed by atoms with Gasteiger partial charge in [-0.25, -0.2) is 0 Å².